The van der Waals surface area contributed by atoms with Crippen LogP contribution in [0.3, 0.4) is 0 Å². The Kier molecular flexibility index (Phi) is 11.3. The van der Waals surface area contributed by atoms with Gasteiger partial charge in [-0.1, -0.05) is 41.4 Å². The van der Waals surface area contributed by atoms with Gasteiger partial charge < -0.3 is 23.7 Å². The maximum atomic E-state index is 13.7. The molecule has 3 fully saturated rings. The SMILES string of the molecule is COc1cncc(N(Cc2ccc(C(=O)O[C@@H](Cc3c(Cl)c[nH+]cc3Cl)c3ccc(OC)c(OC)c3)cc2)C(=O)O[C@H]2CN3CCC2CC3)c1. The van der Waals surface area contributed by atoms with Gasteiger partial charge in [0.1, 0.15) is 28.0 Å². The Hall–Kier alpha value is -4.58. The number of aromatic nitrogens is 2. The minimum atomic E-state index is -0.767. The van der Waals surface area contributed by atoms with Crippen molar-refractivity contribution in [3.63, 3.8) is 0 Å². The molecule has 4 aromatic rings. The molecule has 0 spiro atoms. The lowest BCUT2D eigenvalue weighted by Crippen LogP contribution is -2.53. The van der Waals surface area contributed by atoms with E-state index in [2.05, 4.69) is 14.9 Å². The molecule has 0 aliphatic carbocycles. The second-order valence-corrected chi connectivity index (χ2v) is 13.1. The van der Waals surface area contributed by atoms with Crippen LogP contribution in [-0.4, -0.2) is 69.0 Å². The van der Waals surface area contributed by atoms with Crippen molar-refractivity contribution < 1.29 is 38.3 Å². The van der Waals surface area contributed by atoms with E-state index in [1.165, 1.54) is 7.11 Å². The average Bonchev–Trinajstić information content (AvgIpc) is 3.15. The number of piperidine rings is 3. The number of hydrogen-bond donors (Lipinski definition) is 0. The van der Waals surface area contributed by atoms with Gasteiger partial charge in [0.25, 0.3) is 0 Å². The number of fused-ring (bicyclic) bond motifs is 3. The molecule has 1 N–H and O–H groups in total. The highest BCUT2D eigenvalue weighted by molar-refractivity contribution is 6.35. The Labute approximate surface area is 301 Å². The number of carbonyl (C=O) groups is 2. The number of rotatable bonds is 12. The fraction of sp³-hybridized carbons (Fsp3) is 0.351. The van der Waals surface area contributed by atoms with E-state index in [9.17, 15) is 9.59 Å². The number of nitrogens with zero attached hydrogens (tertiary/aromatic N) is 3. The molecule has 262 valence electrons. The highest BCUT2D eigenvalue weighted by Crippen LogP contribution is 2.36. The molecule has 0 radical (unpaired) electrons. The minimum Gasteiger partial charge on any atom is -0.495 e. The van der Waals surface area contributed by atoms with Crippen LogP contribution in [0.25, 0.3) is 0 Å². The maximum Gasteiger partial charge on any atom is 0.414 e. The van der Waals surface area contributed by atoms with Crippen LogP contribution in [0.1, 0.15) is 46.0 Å². The number of ether oxygens (including phenoxy) is 5. The van der Waals surface area contributed by atoms with E-state index in [1.54, 1.807) is 92.4 Å². The lowest BCUT2D eigenvalue weighted by molar-refractivity contribution is -0.377. The van der Waals surface area contributed by atoms with E-state index in [0.717, 1.165) is 38.0 Å². The monoisotopic (exact) mass is 721 g/mol. The second-order valence-electron chi connectivity index (χ2n) is 12.3. The van der Waals surface area contributed by atoms with Crippen molar-refractivity contribution in [2.45, 2.75) is 38.0 Å². The largest absolute Gasteiger partial charge is 0.495 e. The predicted molar refractivity (Wildman–Crippen MR) is 187 cm³/mol. The first-order valence-electron chi connectivity index (χ1n) is 16.3. The summed E-state index contributed by atoms with van der Waals surface area (Å²) in [5.41, 5.74) is 2.91. The summed E-state index contributed by atoms with van der Waals surface area (Å²) in [4.78, 5) is 38.4. The number of carbonyl (C=O) groups excluding carboxylic acids is 2. The first-order valence-corrected chi connectivity index (χ1v) is 17.1. The molecule has 2 atom stereocenters. The molecule has 11 nitrogen and oxygen atoms in total. The Balaban J connectivity index is 1.22. The van der Waals surface area contributed by atoms with Gasteiger partial charge in [-0.25, -0.2) is 14.6 Å². The molecule has 1 amide bonds. The molecule has 0 saturated carbocycles. The first kappa shape index (κ1) is 35.3. The zero-order chi connectivity index (χ0) is 35.2. The molecule has 5 heterocycles. The van der Waals surface area contributed by atoms with Crippen LogP contribution >= 0.6 is 23.2 Å². The number of esters is 1. The number of benzene rings is 2. The molecule has 3 saturated heterocycles. The van der Waals surface area contributed by atoms with Crippen molar-refractivity contribution in [2.75, 3.05) is 45.9 Å². The normalized spacial score (nSPS) is 18.5. The van der Waals surface area contributed by atoms with E-state index in [4.69, 9.17) is 46.9 Å². The second kappa shape index (κ2) is 16.0. The Bertz CT molecular complexity index is 1800. The summed E-state index contributed by atoms with van der Waals surface area (Å²) in [5, 5.41) is 0.817. The highest BCUT2D eigenvalue weighted by Gasteiger charge is 2.37. The molecule has 2 aromatic heterocycles. The number of H-pyrrole nitrogens is 1. The van der Waals surface area contributed by atoms with Gasteiger partial charge in [-0.3, -0.25) is 14.8 Å². The van der Waals surface area contributed by atoms with Gasteiger partial charge in [-0.15, -0.1) is 0 Å². The minimum absolute atomic E-state index is 0.166. The van der Waals surface area contributed by atoms with Crippen LogP contribution in [0, 0.1) is 5.92 Å². The lowest BCUT2D eigenvalue weighted by atomic mass is 9.86. The molecule has 2 bridgehead atoms. The van der Waals surface area contributed by atoms with Gasteiger partial charge in [-0.2, -0.15) is 0 Å². The summed E-state index contributed by atoms with van der Waals surface area (Å²) >= 11 is 13.0. The third-order valence-electron chi connectivity index (χ3n) is 9.26. The number of amides is 1. The van der Waals surface area contributed by atoms with Crippen molar-refractivity contribution >= 4 is 41.0 Å². The summed E-state index contributed by atoms with van der Waals surface area (Å²) in [6.45, 7) is 3.00. The predicted octanol–water partition coefficient (Wildman–Crippen LogP) is 6.61. The maximum absolute atomic E-state index is 13.7. The van der Waals surface area contributed by atoms with Crippen LogP contribution in [0.5, 0.6) is 17.2 Å². The Morgan fingerprint density at radius 3 is 2.30 bits per heavy atom. The first-order chi connectivity index (χ1) is 24.3. The van der Waals surface area contributed by atoms with Crippen LogP contribution in [0.4, 0.5) is 10.5 Å². The van der Waals surface area contributed by atoms with Gasteiger partial charge in [0.05, 0.1) is 51.5 Å². The third kappa shape index (κ3) is 8.07. The van der Waals surface area contributed by atoms with Crippen LogP contribution < -0.4 is 24.1 Å². The van der Waals surface area contributed by atoms with Crippen molar-refractivity contribution in [2.24, 2.45) is 5.92 Å². The van der Waals surface area contributed by atoms with E-state index in [0.29, 0.717) is 55.6 Å². The lowest BCUT2D eigenvalue weighted by Gasteiger charge is -2.44. The van der Waals surface area contributed by atoms with E-state index >= 15 is 0 Å². The Morgan fingerprint density at radius 2 is 1.66 bits per heavy atom. The van der Waals surface area contributed by atoms with Gasteiger partial charge in [0.15, 0.2) is 23.9 Å². The van der Waals surface area contributed by atoms with Crippen molar-refractivity contribution in [3.05, 3.63) is 106 Å². The summed E-state index contributed by atoms with van der Waals surface area (Å²) in [6.07, 6.45) is 7.27. The average molecular weight is 723 g/mol. The molecule has 7 rings (SSSR count). The van der Waals surface area contributed by atoms with E-state index < -0.39 is 18.2 Å². The number of aromatic amines is 1. The number of methoxy groups -OCH3 is 3. The summed E-state index contributed by atoms with van der Waals surface area (Å²) in [7, 11) is 4.63. The van der Waals surface area contributed by atoms with Gasteiger partial charge in [0, 0.05) is 24.6 Å². The van der Waals surface area contributed by atoms with Gasteiger partial charge >= 0.3 is 12.1 Å². The summed E-state index contributed by atoms with van der Waals surface area (Å²) < 4.78 is 28.5. The summed E-state index contributed by atoms with van der Waals surface area (Å²) in [6, 6.07) is 14.0. The fourth-order valence-electron chi connectivity index (χ4n) is 6.43. The van der Waals surface area contributed by atoms with Gasteiger partial charge in [-0.05, 0) is 67.2 Å². The number of anilines is 1. The van der Waals surface area contributed by atoms with Gasteiger partial charge in [0.2, 0.25) is 0 Å². The highest BCUT2D eigenvalue weighted by atomic mass is 35.5. The quantitative estimate of drug-likeness (QED) is 0.149. The molecule has 3 aliphatic heterocycles. The molecular formula is C37H39Cl2N4O7+. The molecule has 0 unspecified atom stereocenters. The van der Waals surface area contributed by atoms with Crippen molar-refractivity contribution in [3.8, 4) is 17.2 Å². The standard InChI is InChI=1S/C37H38Cl2N4O7/c1-46-28-15-27(17-40-18-28)43(37(45)50-35-22-42-12-10-24(35)11-13-42)21-23-4-6-25(7-5-23)36(44)49-33(16-29-30(38)19-41-20-31(29)39)26-8-9-32(47-2)34(14-26)48-3/h4-9,14-15,17-20,24,33,35H,10-13,16,21-22H2,1-3H3/p+1/t33-,35-/m0/s1. The van der Waals surface area contributed by atoms with Crippen molar-refractivity contribution in [1.29, 1.82) is 0 Å². The smallest absolute Gasteiger partial charge is 0.414 e. The molecule has 13 heteroatoms. The van der Waals surface area contributed by atoms with E-state index in [1.807, 2.05) is 0 Å². The molecule has 50 heavy (non-hydrogen) atoms. The fourth-order valence-corrected chi connectivity index (χ4v) is 6.96. The summed E-state index contributed by atoms with van der Waals surface area (Å²) in [5.74, 6) is 1.34. The van der Waals surface area contributed by atoms with Crippen LogP contribution in [-0.2, 0) is 22.4 Å². The van der Waals surface area contributed by atoms with E-state index in [-0.39, 0.29) is 19.1 Å². The third-order valence-corrected chi connectivity index (χ3v) is 9.93. The number of pyridine rings is 2. The molecule has 3 aliphatic rings. The number of nitrogens with one attached hydrogen (secondary N) is 1. The topological polar surface area (TPSA) is 114 Å². The zero-order valence-electron chi connectivity index (χ0n) is 28.1. The number of halogens is 2. The molecule has 2 aromatic carbocycles. The Morgan fingerprint density at radius 1 is 0.940 bits per heavy atom. The number of hydrogen-bond acceptors (Lipinski definition) is 9. The molecular weight excluding hydrogens is 683 g/mol. The van der Waals surface area contributed by atoms with Crippen LogP contribution in [0.2, 0.25) is 10.0 Å². The van der Waals surface area contributed by atoms with Crippen LogP contribution in [0.15, 0.2) is 73.3 Å². The van der Waals surface area contributed by atoms with Crippen molar-refractivity contribution in [1.82, 2.24) is 9.88 Å². The zero-order valence-corrected chi connectivity index (χ0v) is 29.6.